The van der Waals surface area contributed by atoms with Gasteiger partial charge in [-0.2, -0.15) is 4.98 Å². The summed E-state index contributed by atoms with van der Waals surface area (Å²) in [6.07, 6.45) is 1.06. The fourth-order valence-electron chi connectivity index (χ4n) is 2.84. The summed E-state index contributed by atoms with van der Waals surface area (Å²) in [5.74, 6) is 1.59. The van der Waals surface area contributed by atoms with Crippen molar-refractivity contribution in [3.63, 3.8) is 0 Å². The Kier molecular flexibility index (Phi) is 6.16. The molecule has 2 unspecified atom stereocenters. The maximum absolute atomic E-state index is 5.52. The number of aryl methyl sites for hydroxylation is 1. The van der Waals surface area contributed by atoms with Crippen LogP contribution in [-0.4, -0.2) is 41.7 Å². The van der Waals surface area contributed by atoms with Crippen LogP contribution in [0.15, 0.2) is 28.8 Å². The quantitative estimate of drug-likeness (QED) is 0.930. The van der Waals surface area contributed by atoms with Crippen LogP contribution >= 0.6 is 12.4 Å². The molecule has 0 saturated carbocycles. The van der Waals surface area contributed by atoms with Gasteiger partial charge in [0.25, 0.3) is 0 Å². The lowest BCUT2D eigenvalue weighted by Gasteiger charge is -2.30. The molecule has 1 N–H and O–H groups in total. The molecule has 0 radical (unpaired) electrons. The molecule has 0 spiro atoms. The maximum Gasteiger partial charge on any atom is 0.233 e. The molecule has 1 aromatic carbocycles. The summed E-state index contributed by atoms with van der Waals surface area (Å²) < 4.78 is 5.52. The number of halogens is 1. The number of hydrogen-bond donors (Lipinski definition) is 1. The average Bonchev–Trinajstić information content (AvgIpc) is 3.04. The molecular weight excluding hydrogens is 312 g/mol. The number of rotatable bonds is 4. The van der Waals surface area contributed by atoms with Gasteiger partial charge in [-0.1, -0.05) is 36.3 Å². The lowest BCUT2D eigenvalue weighted by molar-refractivity contribution is 0.190. The van der Waals surface area contributed by atoms with E-state index in [1.54, 1.807) is 0 Å². The van der Waals surface area contributed by atoms with Crippen molar-refractivity contribution in [2.45, 2.75) is 32.2 Å². The van der Waals surface area contributed by atoms with Gasteiger partial charge >= 0.3 is 0 Å². The Morgan fingerprint density at radius 2 is 2.09 bits per heavy atom. The SMILES string of the molecule is CCc1ccc(C(C)c2nc(C3CNCCN3C)no2)cc1.Cl. The summed E-state index contributed by atoms with van der Waals surface area (Å²) >= 11 is 0. The lowest BCUT2D eigenvalue weighted by Crippen LogP contribution is -2.44. The molecule has 2 atom stereocenters. The van der Waals surface area contributed by atoms with Crippen LogP contribution in [-0.2, 0) is 6.42 Å². The number of hydrogen-bond acceptors (Lipinski definition) is 5. The van der Waals surface area contributed by atoms with E-state index in [9.17, 15) is 0 Å². The van der Waals surface area contributed by atoms with Crippen molar-refractivity contribution < 1.29 is 4.52 Å². The predicted octanol–water partition coefficient (Wildman–Crippen LogP) is 2.78. The van der Waals surface area contributed by atoms with Crippen molar-refractivity contribution in [1.82, 2.24) is 20.4 Å². The Bertz CT molecular complexity index is 613. The van der Waals surface area contributed by atoms with E-state index >= 15 is 0 Å². The van der Waals surface area contributed by atoms with Gasteiger partial charge in [-0.15, -0.1) is 12.4 Å². The first kappa shape index (κ1) is 17.9. The lowest BCUT2D eigenvalue weighted by atomic mass is 9.99. The fourth-order valence-corrected chi connectivity index (χ4v) is 2.84. The van der Waals surface area contributed by atoms with Crippen LogP contribution in [0, 0.1) is 0 Å². The standard InChI is InChI=1S/C17H24N4O.ClH/c1-4-13-5-7-14(8-6-13)12(2)17-19-16(20-22-17)15-11-18-9-10-21(15)3;/h5-8,12,15,18H,4,9-11H2,1-3H3;1H. The van der Waals surface area contributed by atoms with Crippen LogP contribution in [0.2, 0.25) is 0 Å². The zero-order valence-electron chi connectivity index (χ0n) is 14.0. The van der Waals surface area contributed by atoms with E-state index < -0.39 is 0 Å². The van der Waals surface area contributed by atoms with Gasteiger partial charge in [0.05, 0.1) is 12.0 Å². The predicted molar refractivity (Wildman–Crippen MR) is 93.1 cm³/mol. The molecule has 0 bridgehead atoms. The normalized spacial score (nSPS) is 20.0. The van der Waals surface area contributed by atoms with Crippen molar-refractivity contribution >= 4 is 12.4 Å². The Labute approximate surface area is 143 Å². The number of likely N-dealkylation sites (N-methyl/N-ethyl adjacent to an activating group) is 1. The van der Waals surface area contributed by atoms with Crippen molar-refractivity contribution in [2.24, 2.45) is 0 Å². The van der Waals surface area contributed by atoms with Gasteiger partial charge in [0, 0.05) is 19.6 Å². The number of nitrogens with zero attached hydrogens (tertiary/aromatic N) is 3. The zero-order chi connectivity index (χ0) is 15.5. The van der Waals surface area contributed by atoms with Crippen molar-refractivity contribution in [2.75, 3.05) is 26.7 Å². The Morgan fingerprint density at radius 1 is 1.35 bits per heavy atom. The molecule has 0 aliphatic carbocycles. The minimum atomic E-state index is 0. The Hall–Kier alpha value is -1.43. The first-order valence-electron chi connectivity index (χ1n) is 8.02. The monoisotopic (exact) mass is 336 g/mol. The molecule has 1 saturated heterocycles. The van der Waals surface area contributed by atoms with Crippen molar-refractivity contribution in [3.05, 3.63) is 47.1 Å². The smallest absolute Gasteiger partial charge is 0.233 e. The summed E-state index contributed by atoms with van der Waals surface area (Å²) in [6.45, 7) is 7.16. The van der Waals surface area contributed by atoms with E-state index in [2.05, 4.69) is 65.5 Å². The van der Waals surface area contributed by atoms with Gasteiger partial charge in [0.2, 0.25) is 5.89 Å². The third-order valence-electron chi connectivity index (χ3n) is 4.52. The van der Waals surface area contributed by atoms with Gasteiger partial charge in [0.15, 0.2) is 5.82 Å². The van der Waals surface area contributed by atoms with Crippen LogP contribution in [0.1, 0.15) is 48.6 Å². The summed E-state index contributed by atoms with van der Waals surface area (Å²) in [7, 11) is 2.11. The average molecular weight is 337 g/mol. The van der Waals surface area contributed by atoms with Gasteiger partial charge < -0.3 is 9.84 Å². The van der Waals surface area contributed by atoms with Gasteiger partial charge in [-0.3, -0.25) is 4.90 Å². The van der Waals surface area contributed by atoms with E-state index in [1.165, 1.54) is 11.1 Å². The molecule has 1 aliphatic heterocycles. The molecule has 2 aromatic rings. The molecule has 2 heterocycles. The minimum Gasteiger partial charge on any atom is -0.339 e. The molecular formula is C17H25ClN4O. The Morgan fingerprint density at radius 3 is 2.74 bits per heavy atom. The summed E-state index contributed by atoms with van der Waals surface area (Å²) in [5.41, 5.74) is 2.56. The zero-order valence-corrected chi connectivity index (χ0v) is 14.8. The number of aromatic nitrogens is 2. The molecule has 0 amide bonds. The molecule has 23 heavy (non-hydrogen) atoms. The largest absolute Gasteiger partial charge is 0.339 e. The first-order chi connectivity index (χ1) is 10.7. The highest BCUT2D eigenvalue weighted by Crippen LogP contribution is 2.25. The minimum absolute atomic E-state index is 0. The molecule has 1 aromatic heterocycles. The highest BCUT2D eigenvalue weighted by Gasteiger charge is 2.26. The van der Waals surface area contributed by atoms with Gasteiger partial charge in [-0.25, -0.2) is 0 Å². The molecule has 6 heteroatoms. The second-order valence-corrected chi connectivity index (χ2v) is 6.01. The summed E-state index contributed by atoms with van der Waals surface area (Å²) in [5, 5.41) is 7.59. The third-order valence-corrected chi connectivity index (χ3v) is 4.52. The van der Waals surface area contributed by atoms with E-state index in [-0.39, 0.29) is 24.4 Å². The summed E-state index contributed by atoms with van der Waals surface area (Å²) in [6, 6.07) is 8.84. The van der Waals surface area contributed by atoms with Gasteiger partial charge in [-0.05, 0) is 31.5 Å². The second-order valence-electron chi connectivity index (χ2n) is 6.01. The van der Waals surface area contributed by atoms with Crippen molar-refractivity contribution in [3.8, 4) is 0 Å². The van der Waals surface area contributed by atoms with Crippen LogP contribution in [0.4, 0.5) is 0 Å². The van der Waals surface area contributed by atoms with E-state index in [0.717, 1.165) is 31.9 Å². The second kappa shape index (κ2) is 7.90. The highest BCUT2D eigenvalue weighted by molar-refractivity contribution is 5.85. The van der Waals surface area contributed by atoms with Gasteiger partial charge in [0.1, 0.15) is 0 Å². The molecule has 3 rings (SSSR count). The molecule has 1 fully saturated rings. The highest BCUT2D eigenvalue weighted by atomic mass is 35.5. The van der Waals surface area contributed by atoms with Crippen LogP contribution in [0.5, 0.6) is 0 Å². The third kappa shape index (κ3) is 3.91. The van der Waals surface area contributed by atoms with E-state index in [1.807, 2.05) is 0 Å². The van der Waals surface area contributed by atoms with Crippen LogP contribution < -0.4 is 5.32 Å². The topological polar surface area (TPSA) is 54.2 Å². The maximum atomic E-state index is 5.52. The number of nitrogens with one attached hydrogen (secondary N) is 1. The fraction of sp³-hybridized carbons (Fsp3) is 0.529. The van der Waals surface area contributed by atoms with Crippen LogP contribution in [0.25, 0.3) is 0 Å². The molecule has 126 valence electrons. The van der Waals surface area contributed by atoms with E-state index in [4.69, 9.17) is 4.52 Å². The van der Waals surface area contributed by atoms with Crippen LogP contribution in [0.3, 0.4) is 0 Å². The molecule has 1 aliphatic rings. The Balaban J connectivity index is 0.00000192. The number of benzene rings is 1. The summed E-state index contributed by atoms with van der Waals surface area (Å²) in [4.78, 5) is 6.91. The molecule has 5 nitrogen and oxygen atoms in total. The van der Waals surface area contributed by atoms with Crippen molar-refractivity contribution in [1.29, 1.82) is 0 Å². The number of piperazine rings is 1. The van der Waals surface area contributed by atoms with E-state index in [0.29, 0.717) is 5.89 Å². The first-order valence-corrected chi connectivity index (χ1v) is 8.02.